The van der Waals surface area contributed by atoms with E-state index in [4.69, 9.17) is 39.8 Å². The lowest BCUT2D eigenvalue weighted by molar-refractivity contribution is 0.0355. The summed E-state index contributed by atoms with van der Waals surface area (Å²) in [5, 5.41) is 1.66. The summed E-state index contributed by atoms with van der Waals surface area (Å²) in [6.07, 6.45) is 5.55. The first-order chi connectivity index (χ1) is 15.6. The first-order valence-corrected chi connectivity index (χ1v) is 12.4. The van der Waals surface area contributed by atoms with Crippen LogP contribution in [0.1, 0.15) is 63.5 Å². The molecule has 0 bridgehead atoms. The molecule has 0 saturated heterocycles. The second-order valence-electron chi connectivity index (χ2n) is 9.58. The number of rotatable bonds is 4. The molecule has 1 aromatic heterocycles. The van der Waals surface area contributed by atoms with Crippen LogP contribution in [-0.2, 0) is 0 Å². The molecule has 1 saturated carbocycles. The van der Waals surface area contributed by atoms with Crippen LogP contribution in [-0.4, -0.2) is 32.4 Å². The van der Waals surface area contributed by atoms with E-state index in [-0.39, 0.29) is 17.5 Å². The Balaban J connectivity index is 1.83. The SMILES string of the molecule is CC(C)(C)N(C(=O)c1nc(-c2ccc(Cl)cc2)c(-c2ccc(Cl)cc2Cl)[nH]1)C1CCCCC1. The van der Waals surface area contributed by atoms with Crippen LogP contribution in [0.5, 0.6) is 0 Å². The molecule has 2 aromatic carbocycles. The van der Waals surface area contributed by atoms with E-state index in [0.717, 1.165) is 36.8 Å². The molecule has 0 atom stereocenters. The van der Waals surface area contributed by atoms with Gasteiger partial charge in [0.1, 0.15) is 0 Å². The molecule has 0 unspecified atom stereocenters. The van der Waals surface area contributed by atoms with Crippen molar-refractivity contribution in [1.29, 1.82) is 0 Å². The molecule has 1 aliphatic rings. The normalized spacial score (nSPS) is 15.0. The lowest BCUT2D eigenvalue weighted by Crippen LogP contribution is -2.52. The van der Waals surface area contributed by atoms with Crippen LogP contribution in [0.3, 0.4) is 0 Å². The monoisotopic (exact) mass is 503 g/mol. The van der Waals surface area contributed by atoms with Crippen LogP contribution >= 0.6 is 34.8 Å². The van der Waals surface area contributed by atoms with Gasteiger partial charge in [-0.3, -0.25) is 4.79 Å². The number of imidazole rings is 1. The highest BCUT2D eigenvalue weighted by molar-refractivity contribution is 6.36. The molecule has 1 N–H and O–H groups in total. The van der Waals surface area contributed by atoms with Crippen molar-refractivity contribution < 1.29 is 4.79 Å². The van der Waals surface area contributed by atoms with Gasteiger partial charge in [-0.05, 0) is 63.9 Å². The quantitative estimate of drug-likeness (QED) is 0.388. The van der Waals surface area contributed by atoms with Gasteiger partial charge in [-0.1, -0.05) is 66.2 Å². The number of halogens is 3. The van der Waals surface area contributed by atoms with Crippen molar-refractivity contribution in [3.63, 3.8) is 0 Å². The van der Waals surface area contributed by atoms with Gasteiger partial charge in [-0.25, -0.2) is 4.98 Å². The van der Waals surface area contributed by atoms with E-state index in [1.165, 1.54) is 6.42 Å². The number of H-pyrrole nitrogens is 1. The molecule has 174 valence electrons. The van der Waals surface area contributed by atoms with E-state index in [1.54, 1.807) is 12.1 Å². The Morgan fingerprint density at radius 1 is 0.970 bits per heavy atom. The Labute approximate surface area is 210 Å². The van der Waals surface area contributed by atoms with E-state index < -0.39 is 0 Å². The van der Waals surface area contributed by atoms with Crippen LogP contribution < -0.4 is 0 Å². The van der Waals surface area contributed by atoms with Crippen molar-refractivity contribution in [3.05, 3.63) is 63.4 Å². The van der Waals surface area contributed by atoms with Crippen molar-refractivity contribution in [2.75, 3.05) is 0 Å². The number of amides is 1. The average molecular weight is 505 g/mol. The Morgan fingerprint density at radius 2 is 1.61 bits per heavy atom. The number of carbonyl (C=O) groups excluding carboxylic acids is 1. The van der Waals surface area contributed by atoms with E-state index >= 15 is 0 Å². The molecule has 1 fully saturated rings. The summed E-state index contributed by atoms with van der Waals surface area (Å²) >= 11 is 18.8. The minimum absolute atomic E-state index is 0.0963. The van der Waals surface area contributed by atoms with E-state index in [2.05, 4.69) is 25.8 Å². The predicted molar refractivity (Wildman–Crippen MR) is 137 cm³/mol. The molecule has 1 heterocycles. The Kier molecular flexibility index (Phi) is 7.09. The van der Waals surface area contributed by atoms with Crippen molar-refractivity contribution in [1.82, 2.24) is 14.9 Å². The van der Waals surface area contributed by atoms with Crippen molar-refractivity contribution >= 4 is 40.7 Å². The summed E-state index contributed by atoms with van der Waals surface area (Å²) in [6.45, 7) is 6.25. The number of nitrogens with zero attached hydrogens (tertiary/aromatic N) is 2. The molecule has 0 spiro atoms. The second kappa shape index (κ2) is 9.69. The third-order valence-electron chi connectivity index (χ3n) is 6.11. The minimum atomic E-state index is -0.329. The fraction of sp³-hybridized carbons (Fsp3) is 0.385. The van der Waals surface area contributed by atoms with Crippen LogP contribution in [0, 0.1) is 0 Å². The standard InChI is InChI=1S/C26H28Cl3N3O/c1-26(2,3)32(19-7-5-4-6-8-19)25(33)24-30-22(16-9-11-17(27)12-10-16)23(31-24)20-14-13-18(28)15-21(20)29/h9-15,19H,4-8H2,1-3H3,(H,30,31). The summed E-state index contributed by atoms with van der Waals surface area (Å²) in [7, 11) is 0. The van der Waals surface area contributed by atoms with Gasteiger partial charge < -0.3 is 9.88 Å². The fourth-order valence-electron chi connectivity index (χ4n) is 4.65. The number of benzene rings is 2. The zero-order valence-electron chi connectivity index (χ0n) is 19.1. The number of hydrogen-bond acceptors (Lipinski definition) is 2. The number of aromatic nitrogens is 2. The van der Waals surface area contributed by atoms with Gasteiger partial charge in [0.25, 0.3) is 5.91 Å². The molecule has 1 aliphatic carbocycles. The third-order valence-corrected chi connectivity index (χ3v) is 6.91. The highest BCUT2D eigenvalue weighted by Crippen LogP contribution is 2.37. The predicted octanol–water partition coefficient (Wildman–Crippen LogP) is 8.28. The minimum Gasteiger partial charge on any atom is -0.333 e. The van der Waals surface area contributed by atoms with E-state index in [1.807, 2.05) is 35.2 Å². The maximum atomic E-state index is 13.9. The molecule has 4 nitrogen and oxygen atoms in total. The van der Waals surface area contributed by atoms with Gasteiger partial charge >= 0.3 is 0 Å². The third kappa shape index (κ3) is 5.24. The average Bonchev–Trinajstić information content (AvgIpc) is 3.19. The highest BCUT2D eigenvalue weighted by Gasteiger charge is 2.36. The summed E-state index contributed by atoms with van der Waals surface area (Å²) in [6, 6.07) is 12.9. The Bertz CT molecular complexity index is 1140. The number of aromatic amines is 1. The lowest BCUT2D eigenvalue weighted by Gasteiger charge is -2.43. The van der Waals surface area contributed by atoms with Gasteiger partial charge in [-0.15, -0.1) is 0 Å². The highest BCUT2D eigenvalue weighted by atomic mass is 35.5. The van der Waals surface area contributed by atoms with Gasteiger partial charge in [-0.2, -0.15) is 0 Å². The number of nitrogens with one attached hydrogen (secondary N) is 1. The summed E-state index contributed by atoms with van der Waals surface area (Å²) in [5.41, 5.74) is 2.58. The van der Waals surface area contributed by atoms with Gasteiger partial charge in [0.2, 0.25) is 0 Å². The van der Waals surface area contributed by atoms with Gasteiger partial charge in [0.15, 0.2) is 5.82 Å². The zero-order chi connectivity index (χ0) is 23.8. The molecule has 33 heavy (non-hydrogen) atoms. The van der Waals surface area contributed by atoms with Crippen molar-refractivity contribution in [2.45, 2.75) is 64.5 Å². The van der Waals surface area contributed by atoms with Crippen LogP contribution in [0.2, 0.25) is 15.1 Å². The molecular formula is C26H28Cl3N3O. The first-order valence-electron chi connectivity index (χ1n) is 11.3. The topological polar surface area (TPSA) is 49.0 Å². The molecule has 1 amide bonds. The Morgan fingerprint density at radius 3 is 2.21 bits per heavy atom. The van der Waals surface area contributed by atoms with Crippen LogP contribution in [0.4, 0.5) is 0 Å². The fourth-order valence-corrected chi connectivity index (χ4v) is 5.28. The molecule has 0 aliphatic heterocycles. The summed E-state index contributed by atoms with van der Waals surface area (Å²) in [5.74, 6) is 0.211. The van der Waals surface area contributed by atoms with Crippen molar-refractivity contribution in [3.8, 4) is 22.5 Å². The Hall–Kier alpha value is -2.01. The molecule has 7 heteroatoms. The maximum Gasteiger partial charge on any atom is 0.290 e. The van der Waals surface area contributed by atoms with Crippen molar-refractivity contribution in [2.24, 2.45) is 0 Å². The first kappa shape index (κ1) is 24.1. The lowest BCUT2D eigenvalue weighted by atomic mass is 9.90. The summed E-state index contributed by atoms with van der Waals surface area (Å²) in [4.78, 5) is 24.0. The van der Waals surface area contributed by atoms with Crippen LogP contribution in [0.15, 0.2) is 42.5 Å². The second-order valence-corrected chi connectivity index (χ2v) is 10.9. The largest absolute Gasteiger partial charge is 0.333 e. The molecule has 0 radical (unpaired) electrons. The van der Waals surface area contributed by atoms with Crippen LogP contribution in [0.25, 0.3) is 22.5 Å². The molecular weight excluding hydrogens is 477 g/mol. The maximum absolute atomic E-state index is 13.9. The summed E-state index contributed by atoms with van der Waals surface area (Å²) < 4.78 is 0. The number of carbonyl (C=O) groups is 1. The van der Waals surface area contributed by atoms with Gasteiger partial charge in [0, 0.05) is 32.8 Å². The van der Waals surface area contributed by atoms with E-state index in [9.17, 15) is 4.79 Å². The zero-order valence-corrected chi connectivity index (χ0v) is 21.4. The smallest absolute Gasteiger partial charge is 0.290 e. The molecule has 3 aromatic rings. The number of hydrogen-bond donors (Lipinski definition) is 1. The van der Waals surface area contributed by atoms with E-state index in [0.29, 0.717) is 32.3 Å². The van der Waals surface area contributed by atoms with Gasteiger partial charge in [0.05, 0.1) is 16.4 Å². The molecule has 4 rings (SSSR count).